The zero-order valence-corrected chi connectivity index (χ0v) is 47.4. The summed E-state index contributed by atoms with van der Waals surface area (Å²) in [6.45, 7) is 16.9. The molecule has 80 heavy (non-hydrogen) atoms. The van der Waals surface area contributed by atoms with Crippen LogP contribution in [0.15, 0.2) is 48.5 Å². The lowest BCUT2D eigenvalue weighted by Crippen LogP contribution is -2.41. The van der Waals surface area contributed by atoms with Crippen LogP contribution in [0.3, 0.4) is 0 Å². The van der Waals surface area contributed by atoms with Gasteiger partial charge >= 0.3 is 23.9 Å². The van der Waals surface area contributed by atoms with Crippen LogP contribution in [0, 0.1) is 55.4 Å². The minimum absolute atomic E-state index is 0.108. The maximum Gasteiger partial charge on any atom is 0.326 e. The molecule has 0 spiro atoms. The van der Waals surface area contributed by atoms with Crippen molar-refractivity contribution in [3.63, 3.8) is 0 Å². The van der Waals surface area contributed by atoms with Crippen LogP contribution in [-0.2, 0) is 38.4 Å². The van der Waals surface area contributed by atoms with Gasteiger partial charge in [0.1, 0.15) is 24.2 Å². The van der Waals surface area contributed by atoms with Crippen molar-refractivity contribution in [2.75, 3.05) is 26.2 Å². The molecule has 4 atom stereocenters. The molecule has 424 valence electrons. The first-order chi connectivity index (χ1) is 37.9. The normalized spacial score (nSPS) is 23.6. The molecule has 0 unspecified atom stereocenters. The first-order valence-electron chi connectivity index (χ1n) is 28.5. The Morgan fingerprint density at radius 2 is 0.475 bits per heavy atom. The Labute approximate surface area is 468 Å². The summed E-state index contributed by atoms with van der Waals surface area (Å²) in [6, 6.07) is 12.5. The molecular formula is C64H76N4O12. The van der Waals surface area contributed by atoms with E-state index in [4.69, 9.17) is 0 Å². The smallest absolute Gasteiger partial charge is 0.326 e. The van der Waals surface area contributed by atoms with E-state index in [2.05, 4.69) is 24.3 Å². The Balaban J connectivity index is 1.35. The number of fused-ring (bicyclic) bond motifs is 8. The van der Waals surface area contributed by atoms with E-state index in [0.29, 0.717) is 51.4 Å². The number of carbonyl (C=O) groups is 8. The Morgan fingerprint density at radius 1 is 0.312 bits per heavy atom. The molecule has 4 saturated heterocycles. The molecule has 4 aromatic carbocycles. The quantitative estimate of drug-likeness (QED) is 0.104. The summed E-state index contributed by atoms with van der Waals surface area (Å²) in [5, 5.41) is 41.3. The third-order valence-electron chi connectivity index (χ3n) is 18.6. The number of amides is 4. The summed E-state index contributed by atoms with van der Waals surface area (Å²) >= 11 is 0. The van der Waals surface area contributed by atoms with Gasteiger partial charge < -0.3 is 40.0 Å². The lowest BCUT2D eigenvalue weighted by molar-refractivity contribution is -0.148. The van der Waals surface area contributed by atoms with Crippen molar-refractivity contribution < 1.29 is 58.8 Å². The summed E-state index contributed by atoms with van der Waals surface area (Å²) in [4.78, 5) is 116. The van der Waals surface area contributed by atoms with Crippen LogP contribution in [0.5, 0.6) is 0 Å². The van der Waals surface area contributed by atoms with Gasteiger partial charge in [-0.2, -0.15) is 0 Å². The highest BCUT2D eigenvalue weighted by Gasteiger charge is 2.42. The zero-order valence-electron chi connectivity index (χ0n) is 47.4. The highest BCUT2D eigenvalue weighted by molar-refractivity contribution is 5.88. The minimum atomic E-state index is -1.07. The van der Waals surface area contributed by atoms with Gasteiger partial charge in [0, 0.05) is 75.5 Å². The number of hydrogen-bond donors (Lipinski definition) is 4. The van der Waals surface area contributed by atoms with Crippen molar-refractivity contribution >= 4 is 47.5 Å². The van der Waals surface area contributed by atoms with Crippen molar-refractivity contribution in [1.29, 1.82) is 0 Å². The summed E-state index contributed by atoms with van der Waals surface area (Å²) in [5.41, 5.74) is 12.9. The van der Waals surface area contributed by atoms with Gasteiger partial charge in [0.05, 0.1) is 0 Å². The van der Waals surface area contributed by atoms with Crippen molar-refractivity contribution in [3.05, 3.63) is 138 Å². The van der Waals surface area contributed by atoms with Gasteiger partial charge in [0.2, 0.25) is 23.6 Å². The Hall–Kier alpha value is -7.36. The van der Waals surface area contributed by atoms with Crippen molar-refractivity contribution in [2.24, 2.45) is 0 Å². The van der Waals surface area contributed by atoms with Gasteiger partial charge in [-0.3, -0.25) is 19.2 Å². The highest BCUT2D eigenvalue weighted by Crippen LogP contribution is 2.46. The van der Waals surface area contributed by atoms with E-state index in [1.54, 1.807) is 0 Å². The molecule has 4 N–H and O–H groups in total. The second kappa shape index (κ2) is 23.0. The van der Waals surface area contributed by atoms with E-state index in [0.717, 1.165) is 89.0 Å². The van der Waals surface area contributed by atoms with Crippen molar-refractivity contribution in [3.8, 4) is 0 Å². The van der Waals surface area contributed by atoms with E-state index < -0.39 is 71.7 Å². The Bertz CT molecular complexity index is 2700. The molecular weight excluding hydrogens is 1020 g/mol. The molecule has 0 radical (unpaired) electrons. The summed E-state index contributed by atoms with van der Waals surface area (Å²) in [5.74, 6) is -8.34. The third kappa shape index (κ3) is 11.0. The predicted molar refractivity (Wildman–Crippen MR) is 299 cm³/mol. The lowest BCUT2D eigenvalue weighted by atomic mass is 9.73. The average Bonchev–Trinajstić information content (AvgIpc) is 4.25. The van der Waals surface area contributed by atoms with Gasteiger partial charge in [-0.1, -0.05) is 48.5 Å². The van der Waals surface area contributed by atoms with Gasteiger partial charge in [-0.05, 0) is 196 Å². The number of benzene rings is 4. The lowest BCUT2D eigenvalue weighted by Gasteiger charge is -2.33. The van der Waals surface area contributed by atoms with Crippen LogP contribution >= 0.6 is 0 Å². The van der Waals surface area contributed by atoms with Crippen LogP contribution in [-0.4, -0.2) is 138 Å². The van der Waals surface area contributed by atoms with Gasteiger partial charge in [-0.25, -0.2) is 19.2 Å². The molecule has 8 bridgehead atoms. The molecule has 0 saturated carbocycles. The molecule has 4 amide bonds. The monoisotopic (exact) mass is 1090 g/mol. The molecule has 5 aliphatic rings. The first-order valence-corrected chi connectivity index (χ1v) is 28.5. The molecule has 4 aromatic rings. The number of hydrogen-bond acceptors (Lipinski definition) is 8. The number of carbonyl (C=O) groups excluding carboxylic acids is 4. The predicted octanol–water partition coefficient (Wildman–Crippen LogP) is 8.86. The standard InChI is InChI=1S/C64H76N4O12/c1-33-21-34(2)42-25-41(33)49(29-57(69)65-17-9-13-53(65)61(73)74)43-26-44(36(4)22-35(43)3)51(31-59(71)67-19-11-15-55(67)63(77)78)47-28-48(40(8)24-39(47)7)52(32-60(72)68-20-12-16-56(68)64(79)80)46-27-45(37(5)23-38(46)6)50(42)30-58(70)66-18-10-14-54(66)62(75)76/h21-28,49-56H,9-20,29-32H2,1-8H3,(H,73,74)(H,75,76)(H,77,78)(H,79,80)/t49?,50?,51?,52?,53-,54-,55-,56-/m1/s1. The largest absolute Gasteiger partial charge is 0.480 e. The second-order valence-corrected chi connectivity index (χ2v) is 23.6. The number of carboxylic acid groups (broad SMARTS) is 4. The van der Waals surface area contributed by atoms with E-state index in [1.807, 2.05) is 79.7 Å². The molecule has 16 heteroatoms. The molecule has 0 aromatic heterocycles. The van der Waals surface area contributed by atoms with Gasteiger partial charge in [0.15, 0.2) is 0 Å². The van der Waals surface area contributed by atoms with Crippen LogP contribution in [0.1, 0.15) is 190 Å². The number of nitrogens with zero attached hydrogens (tertiary/aromatic N) is 4. The van der Waals surface area contributed by atoms with Gasteiger partial charge in [0.25, 0.3) is 0 Å². The Kier molecular flexibility index (Phi) is 16.5. The number of rotatable bonds is 12. The number of aliphatic carboxylic acids is 4. The zero-order chi connectivity index (χ0) is 57.8. The van der Waals surface area contributed by atoms with Crippen LogP contribution in [0.2, 0.25) is 0 Å². The summed E-state index contributed by atoms with van der Waals surface area (Å²) < 4.78 is 0. The van der Waals surface area contributed by atoms with Gasteiger partial charge in [-0.15, -0.1) is 0 Å². The fourth-order valence-corrected chi connectivity index (χ4v) is 14.6. The number of carboxylic acids is 4. The minimum Gasteiger partial charge on any atom is -0.480 e. The van der Waals surface area contributed by atoms with E-state index in [9.17, 15) is 58.8 Å². The second-order valence-electron chi connectivity index (χ2n) is 23.6. The number of likely N-dealkylation sites (tertiary alicyclic amines) is 4. The summed E-state index contributed by atoms with van der Waals surface area (Å²) in [6.07, 6.45) is 2.99. The van der Waals surface area contributed by atoms with Crippen LogP contribution in [0.4, 0.5) is 0 Å². The SMILES string of the molecule is Cc1cc(C)c2cc1C(CC(=O)N1CCC[C@@H]1C(=O)O)c1cc(c(C)cc1C)C(CC(=O)N1CCC[C@@H]1C(=O)O)c1cc(c(C)cc1C)C(CC(=O)N1CCC[C@@H]1C(=O)O)c1cc(c(C)cc1C)C2CC(=O)N1CCC[C@@H]1C(=O)O. The summed E-state index contributed by atoms with van der Waals surface area (Å²) in [7, 11) is 0. The van der Waals surface area contributed by atoms with E-state index >= 15 is 0 Å². The first kappa shape index (κ1) is 57.3. The highest BCUT2D eigenvalue weighted by atomic mass is 16.4. The maximum absolute atomic E-state index is 15.0. The van der Waals surface area contributed by atoms with Crippen LogP contribution in [0.25, 0.3) is 0 Å². The van der Waals surface area contributed by atoms with E-state index in [-0.39, 0.29) is 75.5 Å². The molecule has 4 heterocycles. The van der Waals surface area contributed by atoms with Crippen molar-refractivity contribution in [2.45, 2.75) is 180 Å². The molecule has 4 fully saturated rings. The van der Waals surface area contributed by atoms with Crippen LogP contribution < -0.4 is 0 Å². The van der Waals surface area contributed by atoms with E-state index in [1.165, 1.54) is 19.6 Å². The number of aryl methyl sites for hydroxylation is 8. The fourth-order valence-electron chi connectivity index (χ4n) is 14.6. The Morgan fingerprint density at radius 3 is 0.625 bits per heavy atom. The fraction of sp³-hybridized carbons (Fsp3) is 0.500. The molecule has 4 aliphatic heterocycles. The molecule has 16 nitrogen and oxygen atoms in total. The third-order valence-corrected chi connectivity index (χ3v) is 18.6. The molecule has 9 rings (SSSR count). The van der Waals surface area contributed by atoms with Crippen molar-refractivity contribution in [1.82, 2.24) is 19.6 Å². The topological polar surface area (TPSA) is 230 Å². The average molecular weight is 1090 g/mol. The molecule has 1 aliphatic carbocycles. The maximum atomic E-state index is 15.0.